The van der Waals surface area contributed by atoms with Crippen LogP contribution in [0.25, 0.3) is 0 Å². The predicted octanol–water partition coefficient (Wildman–Crippen LogP) is 1.51. The van der Waals surface area contributed by atoms with E-state index in [1.165, 1.54) is 12.3 Å². The molecular formula is C14H22N4O2. The standard InChI is InChI=1S/C14H22N4O2/c1-14(4-7-18(2)8-5-14)9-17-12-11(15)10(13(19)20)3-6-16-12/h3,6H,4-5,7-9,15H2,1-2H3,(H,16,17)(H,19,20). The van der Waals surface area contributed by atoms with Gasteiger partial charge in [0, 0.05) is 12.7 Å². The molecule has 0 aromatic carbocycles. The summed E-state index contributed by atoms with van der Waals surface area (Å²) in [5.41, 5.74) is 6.34. The molecule has 0 bridgehead atoms. The summed E-state index contributed by atoms with van der Waals surface area (Å²) in [5, 5.41) is 12.3. The molecule has 1 fully saturated rings. The highest BCUT2D eigenvalue weighted by molar-refractivity contribution is 5.96. The van der Waals surface area contributed by atoms with Gasteiger partial charge in [-0.2, -0.15) is 0 Å². The average Bonchev–Trinajstić information content (AvgIpc) is 2.41. The number of likely N-dealkylation sites (tertiary alicyclic amines) is 1. The summed E-state index contributed by atoms with van der Waals surface area (Å²) < 4.78 is 0. The number of carbonyl (C=O) groups is 1. The lowest BCUT2D eigenvalue weighted by Crippen LogP contribution is -2.40. The van der Waals surface area contributed by atoms with Crippen LogP contribution in [-0.2, 0) is 0 Å². The van der Waals surface area contributed by atoms with E-state index in [4.69, 9.17) is 10.8 Å². The molecule has 1 aliphatic heterocycles. The van der Waals surface area contributed by atoms with Gasteiger partial charge in [-0.1, -0.05) is 6.92 Å². The van der Waals surface area contributed by atoms with Crippen LogP contribution in [0, 0.1) is 5.41 Å². The van der Waals surface area contributed by atoms with Crippen LogP contribution in [-0.4, -0.2) is 47.6 Å². The van der Waals surface area contributed by atoms with Gasteiger partial charge in [-0.3, -0.25) is 0 Å². The van der Waals surface area contributed by atoms with Crippen LogP contribution >= 0.6 is 0 Å². The van der Waals surface area contributed by atoms with E-state index in [2.05, 4.69) is 29.2 Å². The van der Waals surface area contributed by atoms with Gasteiger partial charge in [0.2, 0.25) is 0 Å². The Labute approximate surface area is 119 Å². The Kier molecular flexibility index (Phi) is 4.13. The van der Waals surface area contributed by atoms with Crippen molar-refractivity contribution in [2.24, 2.45) is 5.41 Å². The molecule has 0 spiro atoms. The van der Waals surface area contributed by atoms with E-state index >= 15 is 0 Å². The minimum absolute atomic E-state index is 0.0935. The lowest BCUT2D eigenvalue weighted by molar-refractivity contribution is 0.0698. The highest BCUT2D eigenvalue weighted by atomic mass is 16.4. The summed E-state index contributed by atoms with van der Waals surface area (Å²) in [6.45, 7) is 5.15. The number of nitrogens with two attached hydrogens (primary N) is 1. The lowest BCUT2D eigenvalue weighted by Gasteiger charge is -2.38. The number of pyridine rings is 1. The van der Waals surface area contributed by atoms with Gasteiger partial charge in [-0.05, 0) is 44.5 Å². The summed E-state index contributed by atoms with van der Waals surface area (Å²) in [6, 6.07) is 1.42. The molecule has 110 valence electrons. The van der Waals surface area contributed by atoms with Crippen LogP contribution in [0.3, 0.4) is 0 Å². The zero-order valence-electron chi connectivity index (χ0n) is 12.0. The number of hydrogen-bond acceptors (Lipinski definition) is 5. The van der Waals surface area contributed by atoms with Crippen LogP contribution in [0.15, 0.2) is 12.3 Å². The normalized spacial score (nSPS) is 18.7. The minimum Gasteiger partial charge on any atom is -0.478 e. The van der Waals surface area contributed by atoms with Crippen LogP contribution in [0.1, 0.15) is 30.1 Å². The van der Waals surface area contributed by atoms with E-state index in [0.717, 1.165) is 32.5 Å². The number of aromatic carboxylic acids is 1. The second-order valence-electron chi connectivity index (χ2n) is 5.89. The SMILES string of the molecule is CN1CCC(C)(CNc2nccc(C(=O)O)c2N)CC1. The molecule has 0 atom stereocenters. The molecule has 20 heavy (non-hydrogen) atoms. The largest absolute Gasteiger partial charge is 0.478 e. The van der Waals surface area contributed by atoms with Gasteiger partial charge in [-0.15, -0.1) is 0 Å². The number of carboxylic acids is 1. The first kappa shape index (κ1) is 14.6. The summed E-state index contributed by atoms with van der Waals surface area (Å²) in [6.07, 6.45) is 3.68. The topological polar surface area (TPSA) is 91.5 Å². The Hall–Kier alpha value is -1.82. The Bertz CT molecular complexity index is 496. The summed E-state index contributed by atoms with van der Waals surface area (Å²) in [5.74, 6) is -0.566. The van der Waals surface area contributed by atoms with Gasteiger partial charge in [0.25, 0.3) is 0 Å². The van der Waals surface area contributed by atoms with Gasteiger partial charge >= 0.3 is 5.97 Å². The maximum atomic E-state index is 11.0. The van der Waals surface area contributed by atoms with Crippen LogP contribution in [0.5, 0.6) is 0 Å². The second kappa shape index (κ2) is 5.66. The van der Waals surface area contributed by atoms with Gasteiger partial charge in [-0.25, -0.2) is 9.78 Å². The molecule has 0 saturated carbocycles. The molecule has 0 aliphatic carbocycles. The molecule has 0 unspecified atom stereocenters. The fourth-order valence-corrected chi connectivity index (χ4v) is 2.43. The van der Waals surface area contributed by atoms with E-state index in [-0.39, 0.29) is 16.7 Å². The highest BCUT2D eigenvalue weighted by Crippen LogP contribution is 2.31. The third-order valence-electron chi connectivity index (χ3n) is 4.10. The first-order valence-electron chi connectivity index (χ1n) is 6.81. The number of nitrogen functional groups attached to an aromatic ring is 1. The number of nitrogens with one attached hydrogen (secondary N) is 1. The third kappa shape index (κ3) is 3.19. The molecule has 0 radical (unpaired) electrons. The summed E-state index contributed by atoms with van der Waals surface area (Å²) in [4.78, 5) is 17.5. The fraction of sp³-hybridized carbons (Fsp3) is 0.571. The van der Waals surface area contributed by atoms with E-state index in [1.54, 1.807) is 0 Å². The number of rotatable bonds is 4. The van der Waals surface area contributed by atoms with E-state index in [9.17, 15) is 4.79 Å². The first-order chi connectivity index (χ1) is 9.41. The van der Waals surface area contributed by atoms with Gasteiger partial charge in [0.15, 0.2) is 0 Å². The highest BCUT2D eigenvalue weighted by Gasteiger charge is 2.29. The number of carboxylic acid groups (broad SMARTS) is 1. The minimum atomic E-state index is -1.03. The second-order valence-corrected chi connectivity index (χ2v) is 5.89. The Balaban J connectivity index is 2.04. The van der Waals surface area contributed by atoms with Crippen molar-refractivity contribution in [3.05, 3.63) is 17.8 Å². The molecule has 1 aromatic rings. The van der Waals surface area contributed by atoms with E-state index in [1.807, 2.05) is 0 Å². The monoisotopic (exact) mass is 278 g/mol. The van der Waals surface area contributed by atoms with Crippen molar-refractivity contribution in [3.8, 4) is 0 Å². The summed E-state index contributed by atoms with van der Waals surface area (Å²) >= 11 is 0. The summed E-state index contributed by atoms with van der Waals surface area (Å²) in [7, 11) is 2.13. The molecule has 6 heteroatoms. The zero-order valence-corrected chi connectivity index (χ0v) is 12.0. The maximum absolute atomic E-state index is 11.0. The molecule has 1 aliphatic rings. The Morgan fingerprint density at radius 2 is 2.20 bits per heavy atom. The molecule has 6 nitrogen and oxygen atoms in total. The number of aromatic nitrogens is 1. The molecule has 1 aromatic heterocycles. The van der Waals surface area contributed by atoms with Crippen molar-refractivity contribution < 1.29 is 9.90 Å². The van der Waals surface area contributed by atoms with Gasteiger partial charge < -0.3 is 21.1 Å². The molecule has 4 N–H and O–H groups in total. The average molecular weight is 278 g/mol. The molecule has 0 amide bonds. The number of nitrogens with zero attached hydrogens (tertiary/aromatic N) is 2. The van der Waals surface area contributed by atoms with Crippen molar-refractivity contribution >= 4 is 17.5 Å². The van der Waals surface area contributed by atoms with Crippen LogP contribution < -0.4 is 11.1 Å². The smallest absolute Gasteiger partial charge is 0.337 e. The van der Waals surface area contributed by atoms with Crippen molar-refractivity contribution in [2.75, 3.05) is 37.7 Å². The lowest BCUT2D eigenvalue weighted by atomic mass is 9.80. The van der Waals surface area contributed by atoms with Crippen molar-refractivity contribution in [1.82, 2.24) is 9.88 Å². The zero-order chi connectivity index (χ0) is 14.8. The molecule has 2 heterocycles. The molecular weight excluding hydrogens is 256 g/mol. The van der Waals surface area contributed by atoms with E-state index in [0.29, 0.717) is 5.82 Å². The van der Waals surface area contributed by atoms with Crippen LogP contribution in [0.2, 0.25) is 0 Å². The van der Waals surface area contributed by atoms with Crippen molar-refractivity contribution in [1.29, 1.82) is 0 Å². The van der Waals surface area contributed by atoms with Gasteiger partial charge in [0.1, 0.15) is 5.82 Å². The maximum Gasteiger partial charge on any atom is 0.337 e. The first-order valence-corrected chi connectivity index (χ1v) is 6.81. The number of hydrogen-bond donors (Lipinski definition) is 3. The molecule has 1 saturated heterocycles. The van der Waals surface area contributed by atoms with Crippen molar-refractivity contribution in [3.63, 3.8) is 0 Å². The Morgan fingerprint density at radius 3 is 2.80 bits per heavy atom. The van der Waals surface area contributed by atoms with E-state index < -0.39 is 5.97 Å². The Morgan fingerprint density at radius 1 is 1.55 bits per heavy atom. The fourth-order valence-electron chi connectivity index (χ4n) is 2.43. The number of anilines is 2. The van der Waals surface area contributed by atoms with Crippen LogP contribution in [0.4, 0.5) is 11.5 Å². The number of piperidine rings is 1. The predicted molar refractivity (Wildman–Crippen MR) is 78.9 cm³/mol. The quantitative estimate of drug-likeness (QED) is 0.773. The molecule has 2 rings (SSSR count). The third-order valence-corrected chi connectivity index (χ3v) is 4.10. The van der Waals surface area contributed by atoms with Crippen molar-refractivity contribution in [2.45, 2.75) is 19.8 Å². The van der Waals surface area contributed by atoms with Gasteiger partial charge in [0.05, 0.1) is 11.3 Å².